The zero-order chi connectivity index (χ0) is 9.97. The molecule has 1 N–H and O–H groups in total. The van der Waals surface area contributed by atoms with Crippen LogP contribution in [-0.4, -0.2) is 11.2 Å². The van der Waals surface area contributed by atoms with Gasteiger partial charge in [0, 0.05) is 11.2 Å². The minimum absolute atomic E-state index is 0.702. The van der Waals surface area contributed by atoms with Crippen molar-refractivity contribution < 1.29 is 0 Å². The zero-order valence-corrected chi connectivity index (χ0v) is 9.06. The molecule has 0 aliphatic rings. The molecule has 0 unspecified atom stereocenters. The van der Waals surface area contributed by atoms with Crippen LogP contribution in [0.25, 0.3) is 10.2 Å². The fraction of sp³-hybridized carbons (Fsp3) is 0.111. The number of hydrogen-bond donors (Lipinski definition) is 1. The highest BCUT2D eigenvalue weighted by Crippen LogP contribution is 2.27. The van der Waals surface area contributed by atoms with Gasteiger partial charge in [-0.15, -0.1) is 0 Å². The van der Waals surface area contributed by atoms with Crippen molar-refractivity contribution in [1.29, 1.82) is 0 Å². The van der Waals surface area contributed by atoms with E-state index < -0.39 is 0 Å². The first-order chi connectivity index (χ1) is 6.79. The molecule has 0 radical (unpaired) electrons. The Morgan fingerprint density at radius 1 is 1.57 bits per heavy atom. The summed E-state index contributed by atoms with van der Waals surface area (Å²) in [7, 11) is 0. The van der Waals surface area contributed by atoms with E-state index in [1.165, 1.54) is 0 Å². The number of anilines is 1. The van der Waals surface area contributed by atoms with Crippen molar-refractivity contribution in [1.82, 2.24) is 4.98 Å². The van der Waals surface area contributed by atoms with Gasteiger partial charge in [-0.1, -0.05) is 22.9 Å². The maximum Gasteiger partial charge on any atom is 0.204 e. The van der Waals surface area contributed by atoms with Crippen LogP contribution in [0.2, 0.25) is 5.02 Å². The zero-order valence-electron chi connectivity index (χ0n) is 7.49. The molecule has 3 nitrogen and oxygen atoms in total. The van der Waals surface area contributed by atoms with E-state index in [0.717, 1.165) is 15.3 Å². The summed E-state index contributed by atoms with van der Waals surface area (Å²) in [5.41, 5.74) is 3.74. The molecule has 0 fully saturated rings. The minimum Gasteiger partial charge on any atom is -0.253 e. The normalized spacial score (nSPS) is 11.3. The summed E-state index contributed by atoms with van der Waals surface area (Å²) in [5.74, 6) is 0. The molecule has 2 aromatic rings. The number of thiazole rings is 1. The van der Waals surface area contributed by atoms with Crippen LogP contribution in [0.5, 0.6) is 0 Å². The average Bonchev–Trinajstić information content (AvgIpc) is 2.56. The van der Waals surface area contributed by atoms with Gasteiger partial charge in [-0.25, -0.2) is 4.98 Å². The van der Waals surface area contributed by atoms with Crippen molar-refractivity contribution in [2.24, 2.45) is 5.10 Å². The molecule has 5 heteroatoms. The fourth-order valence-electron chi connectivity index (χ4n) is 1.07. The molecule has 1 heterocycles. The van der Waals surface area contributed by atoms with Gasteiger partial charge in [0.25, 0.3) is 0 Å². The van der Waals surface area contributed by atoms with E-state index in [9.17, 15) is 0 Å². The molecule has 1 aromatic carbocycles. The Balaban J connectivity index is 2.41. The third kappa shape index (κ3) is 1.86. The first kappa shape index (κ1) is 9.43. The van der Waals surface area contributed by atoms with Gasteiger partial charge >= 0.3 is 0 Å². The van der Waals surface area contributed by atoms with Gasteiger partial charge in [-0.3, -0.25) is 5.43 Å². The maximum absolute atomic E-state index is 5.85. The summed E-state index contributed by atoms with van der Waals surface area (Å²) in [6.07, 6.45) is 1.68. The Bertz CT molecular complexity index is 478. The lowest BCUT2D eigenvalue weighted by Crippen LogP contribution is -1.85. The largest absolute Gasteiger partial charge is 0.253 e. The van der Waals surface area contributed by atoms with Crippen LogP contribution in [0, 0.1) is 0 Å². The minimum atomic E-state index is 0.702. The number of nitrogens with one attached hydrogen (secondary N) is 1. The molecule has 0 atom stereocenters. The van der Waals surface area contributed by atoms with E-state index in [-0.39, 0.29) is 0 Å². The van der Waals surface area contributed by atoms with Crippen molar-refractivity contribution in [3.05, 3.63) is 23.2 Å². The Hall–Kier alpha value is -1.13. The number of nitrogens with zero attached hydrogens (tertiary/aromatic N) is 2. The van der Waals surface area contributed by atoms with Gasteiger partial charge in [0.15, 0.2) is 0 Å². The quantitative estimate of drug-likeness (QED) is 0.629. The molecule has 0 amide bonds. The fourth-order valence-corrected chi connectivity index (χ4v) is 2.03. The molecule has 0 aliphatic heterocycles. The summed E-state index contributed by atoms with van der Waals surface area (Å²) in [6.45, 7) is 1.84. The molecule has 0 saturated carbocycles. The Morgan fingerprint density at radius 2 is 2.43 bits per heavy atom. The van der Waals surface area contributed by atoms with Crippen LogP contribution < -0.4 is 5.43 Å². The van der Waals surface area contributed by atoms with Crippen LogP contribution in [-0.2, 0) is 0 Å². The highest BCUT2D eigenvalue weighted by atomic mass is 35.5. The van der Waals surface area contributed by atoms with Crippen LogP contribution in [0.4, 0.5) is 5.13 Å². The lowest BCUT2D eigenvalue weighted by Gasteiger charge is -1.88. The molecule has 0 bridgehead atoms. The molecule has 0 aliphatic carbocycles. The second-order valence-corrected chi connectivity index (χ2v) is 4.10. The number of fused-ring (bicyclic) bond motifs is 1. The van der Waals surface area contributed by atoms with Gasteiger partial charge in [-0.05, 0) is 25.1 Å². The van der Waals surface area contributed by atoms with Crippen LogP contribution in [0.15, 0.2) is 23.3 Å². The number of benzene rings is 1. The smallest absolute Gasteiger partial charge is 0.204 e. The summed E-state index contributed by atoms with van der Waals surface area (Å²) < 4.78 is 1.10. The van der Waals surface area contributed by atoms with Gasteiger partial charge in [0.1, 0.15) is 0 Å². The Labute approximate surface area is 90.4 Å². The summed E-state index contributed by atoms with van der Waals surface area (Å²) >= 11 is 7.40. The lowest BCUT2D eigenvalue weighted by molar-refractivity contribution is 1.31. The number of hydrazone groups is 1. The topological polar surface area (TPSA) is 37.3 Å². The molecule has 72 valence electrons. The van der Waals surface area contributed by atoms with E-state index in [4.69, 9.17) is 11.6 Å². The SMILES string of the molecule is CC=NNc1nc2cc(Cl)ccc2s1. The number of halogens is 1. The highest BCUT2D eigenvalue weighted by Gasteiger charge is 2.02. The van der Waals surface area contributed by atoms with Crippen LogP contribution >= 0.6 is 22.9 Å². The van der Waals surface area contributed by atoms with Gasteiger partial charge in [0.2, 0.25) is 5.13 Å². The van der Waals surface area contributed by atoms with Crippen molar-refractivity contribution in [3.63, 3.8) is 0 Å². The Morgan fingerprint density at radius 3 is 3.21 bits per heavy atom. The first-order valence-corrected chi connectivity index (χ1v) is 5.29. The van der Waals surface area contributed by atoms with E-state index in [1.807, 2.05) is 25.1 Å². The second kappa shape index (κ2) is 3.94. The van der Waals surface area contributed by atoms with Crippen LogP contribution in [0.1, 0.15) is 6.92 Å². The molecule has 14 heavy (non-hydrogen) atoms. The first-order valence-electron chi connectivity index (χ1n) is 4.09. The molecular weight excluding hydrogens is 218 g/mol. The highest BCUT2D eigenvalue weighted by molar-refractivity contribution is 7.22. The number of aromatic nitrogens is 1. The molecule has 1 aromatic heterocycles. The monoisotopic (exact) mass is 225 g/mol. The second-order valence-electron chi connectivity index (χ2n) is 2.63. The Kier molecular flexibility index (Phi) is 2.65. The van der Waals surface area contributed by atoms with Crippen molar-refractivity contribution >= 4 is 44.5 Å². The van der Waals surface area contributed by atoms with Gasteiger partial charge < -0.3 is 0 Å². The molecular formula is C9H8ClN3S. The van der Waals surface area contributed by atoms with Crippen molar-refractivity contribution in [2.45, 2.75) is 6.92 Å². The third-order valence-electron chi connectivity index (χ3n) is 1.64. The van der Waals surface area contributed by atoms with Crippen LogP contribution in [0.3, 0.4) is 0 Å². The van der Waals surface area contributed by atoms with Gasteiger partial charge in [-0.2, -0.15) is 5.10 Å². The van der Waals surface area contributed by atoms with E-state index in [1.54, 1.807) is 17.6 Å². The van der Waals surface area contributed by atoms with E-state index >= 15 is 0 Å². The summed E-state index contributed by atoms with van der Waals surface area (Å²) in [4.78, 5) is 4.32. The summed E-state index contributed by atoms with van der Waals surface area (Å²) in [6, 6.07) is 5.65. The maximum atomic E-state index is 5.85. The third-order valence-corrected chi connectivity index (χ3v) is 2.82. The standard InChI is InChI=1S/C9H8ClN3S/c1-2-11-13-9-12-7-5-6(10)3-4-8(7)14-9/h2-5H,1H3,(H,12,13). The van der Waals surface area contributed by atoms with Crippen molar-refractivity contribution in [2.75, 3.05) is 5.43 Å². The number of rotatable bonds is 2. The summed E-state index contributed by atoms with van der Waals surface area (Å²) in [5, 5.41) is 5.38. The average molecular weight is 226 g/mol. The molecule has 2 rings (SSSR count). The van der Waals surface area contributed by atoms with Gasteiger partial charge in [0.05, 0.1) is 10.2 Å². The predicted molar refractivity (Wildman–Crippen MR) is 62.4 cm³/mol. The number of hydrogen-bond acceptors (Lipinski definition) is 4. The molecule has 0 spiro atoms. The van der Waals surface area contributed by atoms with E-state index in [2.05, 4.69) is 15.5 Å². The molecule has 0 saturated heterocycles. The van der Waals surface area contributed by atoms with E-state index in [0.29, 0.717) is 5.02 Å². The van der Waals surface area contributed by atoms with Crippen molar-refractivity contribution in [3.8, 4) is 0 Å². The lowest BCUT2D eigenvalue weighted by atomic mass is 10.3. The predicted octanol–water partition coefficient (Wildman–Crippen LogP) is 3.37.